The zero-order valence-electron chi connectivity index (χ0n) is 10.0. The summed E-state index contributed by atoms with van der Waals surface area (Å²) in [5.74, 6) is 4.84. The first kappa shape index (κ1) is 13.0. The van der Waals surface area contributed by atoms with E-state index in [0.717, 1.165) is 16.9 Å². The number of thiophene rings is 1. The van der Waals surface area contributed by atoms with Crippen molar-refractivity contribution in [1.82, 2.24) is 0 Å². The molecule has 0 aliphatic carbocycles. The summed E-state index contributed by atoms with van der Waals surface area (Å²) in [6.45, 7) is 1.94. The van der Waals surface area contributed by atoms with Gasteiger partial charge in [-0.05, 0) is 24.8 Å². The van der Waals surface area contributed by atoms with E-state index in [1.165, 1.54) is 12.1 Å². The van der Waals surface area contributed by atoms with Crippen LogP contribution in [0.2, 0.25) is 0 Å². The normalized spacial score (nSPS) is 9.53. The van der Waals surface area contributed by atoms with Gasteiger partial charge >= 0.3 is 5.00 Å². The smallest absolute Gasteiger partial charge is 0.279 e. The molecule has 0 unspecified atom stereocenters. The van der Waals surface area contributed by atoms with Crippen LogP contribution in [-0.4, -0.2) is 10.7 Å². The number of benzene rings is 1. The highest BCUT2D eigenvalue weighted by molar-refractivity contribution is 7.15. The molecule has 0 amide bonds. The molecule has 0 aliphatic heterocycles. The van der Waals surface area contributed by atoms with Crippen LogP contribution >= 0.6 is 11.3 Å². The maximum Gasteiger partial charge on any atom is 0.325 e. The molecule has 0 N–H and O–H groups in total. The summed E-state index contributed by atoms with van der Waals surface area (Å²) < 4.78 is 0. The number of nitrogens with zero attached hydrogens (tertiary/aromatic N) is 1. The molecule has 1 aromatic heterocycles. The van der Waals surface area contributed by atoms with Crippen molar-refractivity contribution in [2.45, 2.75) is 6.92 Å². The molecule has 0 atom stereocenters. The quantitative estimate of drug-likeness (QED) is 0.365. The number of ketones is 1. The van der Waals surface area contributed by atoms with Gasteiger partial charge in [-0.2, -0.15) is 0 Å². The maximum absolute atomic E-state index is 11.8. The van der Waals surface area contributed by atoms with Gasteiger partial charge in [-0.15, -0.1) is 0 Å². The molecule has 0 fully saturated rings. The minimum absolute atomic E-state index is 0.0204. The molecule has 1 aromatic carbocycles. The lowest BCUT2D eigenvalue weighted by Crippen LogP contribution is -1.94. The van der Waals surface area contributed by atoms with Gasteiger partial charge in [0.15, 0.2) is 0 Å². The Bertz CT molecular complexity index is 689. The third-order valence-electron chi connectivity index (χ3n) is 2.38. The summed E-state index contributed by atoms with van der Waals surface area (Å²) in [6, 6.07) is 10.0. The molecule has 0 aliphatic rings. The average molecular weight is 271 g/mol. The van der Waals surface area contributed by atoms with Gasteiger partial charge in [0.2, 0.25) is 5.78 Å². The van der Waals surface area contributed by atoms with Crippen molar-refractivity contribution in [2.75, 3.05) is 0 Å². The zero-order chi connectivity index (χ0) is 13.8. The number of nitro groups is 1. The van der Waals surface area contributed by atoms with Gasteiger partial charge in [-0.1, -0.05) is 41.2 Å². The highest BCUT2D eigenvalue weighted by Crippen LogP contribution is 2.22. The summed E-state index contributed by atoms with van der Waals surface area (Å²) >= 11 is 0.956. The molecule has 4 nitrogen and oxygen atoms in total. The molecular weight excluding hydrogens is 262 g/mol. The highest BCUT2D eigenvalue weighted by atomic mass is 32.1. The van der Waals surface area contributed by atoms with Gasteiger partial charge in [0.1, 0.15) is 0 Å². The third kappa shape index (κ3) is 3.27. The predicted octanol–water partition coefficient (Wildman–Crippen LogP) is 3.20. The van der Waals surface area contributed by atoms with Crippen LogP contribution in [0, 0.1) is 28.9 Å². The lowest BCUT2D eigenvalue weighted by molar-refractivity contribution is -0.380. The van der Waals surface area contributed by atoms with Crippen molar-refractivity contribution >= 4 is 22.1 Å². The number of Topliss-reactive ketones (excluding diaryl/α,β-unsaturated/α-hetero) is 1. The van der Waals surface area contributed by atoms with Crippen molar-refractivity contribution in [1.29, 1.82) is 0 Å². The first-order valence-electron chi connectivity index (χ1n) is 5.43. The number of hydrogen-bond donors (Lipinski definition) is 0. The summed E-state index contributed by atoms with van der Waals surface area (Å²) in [5.41, 5.74) is 1.59. The molecule has 94 valence electrons. The summed E-state index contributed by atoms with van der Waals surface area (Å²) in [5, 5.41) is 10.5. The Balaban J connectivity index is 2.16. The summed E-state index contributed by atoms with van der Waals surface area (Å²) in [7, 11) is 0. The van der Waals surface area contributed by atoms with Crippen LogP contribution in [0.15, 0.2) is 36.4 Å². The van der Waals surface area contributed by atoms with Crippen LogP contribution in [-0.2, 0) is 0 Å². The molecule has 0 saturated heterocycles. The van der Waals surface area contributed by atoms with Crippen LogP contribution in [0.4, 0.5) is 5.00 Å². The summed E-state index contributed by atoms with van der Waals surface area (Å²) in [6.07, 6.45) is 0. The standard InChI is InChI=1S/C14H9NO3S/c1-10-2-4-11(5-3-10)13(16)8-6-12-7-9-14(19-12)15(17)18/h2-5,7,9H,1H3. The van der Waals surface area contributed by atoms with Crippen molar-refractivity contribution in [2.24, 2.45) is 0 Å². The van der Waals surface area contributed by atoms with Crippen molar-refractivity contribution in [3.8, 4) is 11.8 Å². The van der Waals surface area contributed by atoms with E-state index >= 15 is 0 Å². The lowest BCUT2D eigenvalue weighted by atomic mass is 10.1. The number of rotatable bonds is 2. The van der Waals surface area contributed by atoms with Crippen molar-refractivity contribution < 1.29 is 9.72 Å². The van der Waals surface area contributed by atoms with Crippen LogP contribution < -0.4 is 0 Å². The average Bonchev–Trinajstić information content (AvgIpc) is 2.86. The van der Waals surface area contributed by atoms with E-state index in [1.807, 2.05) is 19.1 Å². The van der Waals surface area contributed by atoms with Crippen LogP contribution in [0.1, 0.15) is 20.8 Å². The fourth-order valence-corrected chi connectivity index (χ4v) is 2.06. The SMILES string of the molecule is Cc1ccc(C(=O)C#Cc2ccc([N+](=O)[O-])s2)cc1. The Morgan fingerprint density at radius 2 is 1.89 bits per heavy atom. The van der Waals surface area contributed by atoms with Crippen LogP contribution in [0.25, 0.3) is 0 Å². The van der Waals surface area contributed by atoms with Crippen LogP contribution in [0.3, 0.4) is 0 Å². The summed E-state index contributed by atoms with van der Waals surface area (Å²) in [4.78, 5) is 22.3. The van der Waals surface area contributed by atoms with E-state index in [2.05, 4.69) is 11.8 Å². The van der Waals surface area contributed by atoms with E-state index in [1.54, 1.807) is 12.1 Å². The molecule has 2 aromatic rings. The molecule has 0 radical (unpaired) electrons. The van der Waals surface area contributed by atoms with E-state index < -0.39 is 4.92 Å². The minimum Gasteiger partial charge on any atom is -0.279 e. The molecule has 5 heteroatoms. The highest BCUT2D eigenvalue weighted by Gasteiger charge is 2.08. The molecular formula is C14H9NO3S. The van der Waals surface area contributed by atoms with Gasteiger partial charge in [0.05, 0.1) is 9.80 Å². The Labute approximate surface area is 113 Å². The van der Waals surface area contributed by atoms with Gasteiger partial charge in [-0.3, -0.25) is 14.9 Å². The van der Waals surface area contributed by atoms with E-state index in [9.17, 15) is 14.9 Å². The maximum atomic E-state index is 11.8. The topological polar surface area (TPSA) is 60.2 Å². The lowest BCUT2D eigenvalue weighted by Gasteiger charge is -1.94. The molecule has 2 rings (SSSR count). The van der Waals surface area contributed by atoms with Gasteiger partial charge in [0.25, 0.3) is 0 Å². The number of aryl methyl sites for hydroxylation is 1. The van der Waals surface area contributed by atoms with E-state index in [0.29, 0.717) is 10.4 Å². The molecule has 0 spiro atoms. The largest absolute Gasteiger partial charge is 0.325 e. The van der Waals surface area contributed by atoms with Gasteiger partial charge < -0.3 is 0 Å². The first-order valence-corrected chi connectivity index (χ1v) is 6.25. The Hall–Kier alpha value is -2.45. The van der Waals surface area contributed by atoms with E-state index in [4.69, 9.17) is 0 Å². The molecule has 0 bridgehead atoms. The Morgan fingerprint density at radius 1 is 1.21 bits per heavy atom. The minimum atomic E-state index is -0.475. The second kappa shape index (κ2) is 5.46. The van der Waals surface area contributed by atoms with Gasteiger partial charge in [-0.25, -0.2) is 0 Å². The predicted molar refractivity (Wildman–Crippen MR) is 73.4 cm³/mol. The number of carbonyl (C=O) groups excluding carboxylic acids is 1. The third-order valence-corrected chi connectivity index (χ3v) is 3.34. The Morgan fingerprint density at radius 3 is 2.47 bits per heavy atom. The van der Waals surface area contributed by atoms with Crippen LogP contribution in [0.5, 0.6) is 0 Å². The van der Waals surface area contributed by atoms with Crippen molar-refractivity contribution in [3.63, 3.8) is 0 Å². The zero-order valence-corrected chi connectivity index (χ0v) is 10.9. The first-order chi connectivity index (χ1) is 9.06. The second-order valence-corrected chi connectivity index (χ2v) is 4.90. The Kier molecular flexibility index (Phi) is 3.74. The number of carbonyl (C=O) groups is 1. The number of hydrogen-bond acceptors (Lipinski definition) is 4. The molecule has 1 heterocycles. The van der Waals surface area contributed by atoms with E-state index in [-0.39, 0.29) is 10.8 Å². The van der Waals surface area contributed by atoms with Crippen molar-refractivity contribution in [3.05, 3.63) is 62.5 Å². The fraction of sp³-hybridized carbons (Fsp3) is 0.0714. The fourth-order valence-electron chi connectivity index (χ4n) is 1.39. The monoisotopic (exact) mass is 271 g/mol. The molecule has 0 saturated carbocycles. The van der Waals surface area contributed by atoms with Gasteiger partial charge in [0, 0.05) is 11.6 Å². The second-order valence-electron chi connectivity index (χ2n) is 3.84. The molecule has 19 heavy (non-hydrogen) atoms.